The Kier molecular flexibility index (Phi) is 2.96. The molecule has 2 aliphatic rings. The molecule has 1 N–H and O–H groups in total. The molecule has 1 heterocycles. The second-order valence-electron chi connectivity index (χ2n) is 5.66. The van der Waals surface area contributed by atoms with Gasteiger partial charge < -0.3 is 10.1 Å². The van der Waals surface area contributed by atoms with Crippen LogP contribution in [0.15, 0.2) is 24.3 Å². The molecule has 2 nitrogen and oxygen atoms in total. The van der Waals surface area contributed by atoms with Crippen LogP contribution in [0, 0.1) is 5.41 Å². The summed E-state index contributed by atoms with van der Waals surface area (Å²) in [6.07, 6.45) is -1.34. The lowest BCUT2D eigenvalue weighted by Crippen LogP contribution is -2.51. The van der Waals surface area contributed by atoms with Crippen molar-refractivity contribution in [1.29, 1.82) is 0 Å². The van der Waals surface area contributed by atoms with Gasteiger partial charge in [0, 0.05) is 13.1 Å². The van der Waals surface area contributed by atoms with Gasteiger partial charge in [0.25, 0.3) is 0 Å². The summed E-state index contributed by atoms with van der Waals surface area (Å²) in [7, 11) is 0. The summed E-state index contributed by atoms with van der Waals surface area (Å²) in [6.45, 7) is 2.09. The van der Waals surface area contributed by atoms with Crippen molar-refractivity contribution in [3.05, 3.63) is 29.8 Å². The van der Waals surface area contributed by atoms with Crippen molar-refractivity contribution in [2.75, 3.05) is 13.1 Å². The van der Waals surface area contributed by atoms with Gasteiger partial charge in [-0.3, -0.25) is 0 Å². The third-order valence-corrected chi connectivity index (χ3v) is 4.27. The summed E-state index contributed by atoms with van der Waals surface area (Å²) >= 11 is 0. The predicted octanol–water partition coefficient (Wildman–Crippen LogP) is 3.44. The lowest BCUT2D eigenvalue weighted by atomic mass is 9.79. The minimum atomic E-state index is -4.62. The van der Waals surface area contributed by atoms with Crippen LogP contribution in [0.5, 0.6) is 5.75 Å². The average molecular weight is 271 g/mol. The van der Waals surface area contributed by atoms with Crippen molar-refractivity contribution in [3.63, 3.8) is 0 Å². The fraction of sp³-hybridized carbons (Fsp3) is 0.571. The number of nitrogens with one attached hydrogen (secondary N) is 1. The van der Waals surface area contributed by atoms with Crippen LogP contribution in [0.4, 0.5) is 13.2 Å². The molecular formula is C14H16F3NO. The van der Waals surface area contributed by atoms with E-state index in [1.807, 2.05) is 6.07 Å². The molecule has 1 aliphatic heterocycles. The minimum Gasteiger partial charge on any atom is -0.406 e. The van der Waals surface area contributed by atoms with E-state index in [1.165, 1.54) is 12.1 Å². The SMILES string of the molecule is FC(F)(F)Oc1cccc(C2CCC3(CNC3)C2)c1. The standard InChI is InChI=1S/C14H16F3NO/c15-14(16,17)19-12-3-1-2-10(6-12)11-4-5-13(7-11)8-18-9-13/h1-3,6,11,18H,4-5,7-9H2. The zero-order valence-electron chi connectivity index (χ0n) is 10.5. The first-order chi connectivity index (χ1) is 8.96. The zero-order valence-corrected chi connectivity index (χ0v) is 10.5. The van der Waals surface area contributed by atoms with E-state index < -0.39 is 6.36 Å². The molecule has 1 unspecified atom stereocenters. The van der Waals surface area contributed by atoms with E-state index in [1.54, 1.807) is 6.07 Å². The molecule has 3 rings (SSSR count). The molecule has 0 amide bonds. The molecule has 1 aromatic carbocycles. The fourth-order valence-corrected chi connectivity index (χ4v) is 3.26. The van der Waals surface area contributed by atoms with Crippen LogP contribution < -0.4 is 10.1 Å². The van der Waals surface area contributed by atoms with Crippen molar-refractivity contribution in [3.8, 4) is 5.75 Å². The Morgan fingerprint density at radius 3 is 2.63 bits per heavy atom. The maximum Gasteiger partial charge on any atom is 0.573 e. The second kappa shape index (κ2) is 4.40. The van der Waals surface area contributed by atoms with Gasteiger partial charge in [0.05, 0.1) is 0 Å². The summed E-state index contributed by atoms with van der Waals surface area (Å²) in [4.78, 5) is 0. The van der Waals surface area contributed by atoms with Crippen molar-refractivity contribution in [2.45, 2.75) is 31.5 Å². The number of hydrogen-bond donors (Lipinski definition) is 1. The van der Waals surface area contributed by atoms with Gasteiger partial charge in [-0.05, 0) is 48.3 Å². The number of ether oxygens (including phenoxy) is 1. The molecule has 1 atom stereocenters. The first-order valence-electron chi connectivity index (χ1n) is 6.52. The number of halogens is 3. The molecule has 1 spiro atoms. The molecule has 2 fully saturated rings. The van der Waals surface area contributed by atoms with E-state index in [0.29, 0.717) is 11.3 Å². The molecule has 1 aliphatic carbocycles. The lowest BCUT2D eigenvalue weighted by molar-refractivity contribution is -0.274. The Hall–Kier alpha value is -1.23. The summed E-state index contributed by atoms with van der Waals surface area (Å²) in [5, 5.41) is 3.28. The Morgan fingerprint density at radius 2 is 2.05 bits per heavy atom. The van der Waals surface area contributed by atoms with Gasteiger partial charge in [-0.1, -0.05) is 12.1 Å². The van der Waals surface area contributed by atoms with Crippen molar-refractivity contribution in [2.24, 2.45) is 5.41 Å². The van der Waals surface area contributed by atoms with Crippen molar-refractivity contribution >= 4 is 0 Å². The monoisotopic (exact) mass is 271 g/mol. The molecule has 1 saturated heterocycles. The second-order valence-corrected chi connectivity index (χ2v) is 5.66. The van der Waals surface area contributed by atoms with Gasteiger partial charge in [-0.25, -0.2) is 0 Å². The average Bonchev–Trinajstić information content (AvgIpc) is 2.71. The topological polar surface area (TPSA) is 21.3 Å². The van der Waals surface area contributed by atoms with Crippen molar-refractivity contribution < 1.29 is 17.9 Å². The zero-order chi connectivity index (χ0) is 13.5. The largest absolute Gasteiger partial charge is 0.573 e. The Bertz CT molecular complexity index is 468. The molecule has 0 bridgehead atoms. The van der Waals surface area contributed by atoms with E-state index in [-0.39, 0.29) is 5.75 Å². The normalized spacial score (nSPS) is 25.3. The molecule has 0 aromatic heterocycles. The molecule has 19 heavy (non-hydrogen) atoms. The summed E-state index contributed by atoms with van der Waals surface area (Å²) < 4.78 is 40.6. The van der Waals surface area contributed by atoms with E-state index in [9.17, 15) is 13.2 Å². The number of hydrogen-bond acceptors (Lipinski definition) is 2. The first kappa shape index (κ1) is 12.8. The molecule has 5 heteroatoms. The first-order valence-corrected chi connectivity index (χ1v) is 6.52. The molecular weight excluding hydrogens is 255 g/mol. The Labute approximate surface area is 109 Å². The number of alkyl halides is 3. The van der Waals surface area contributed by atoms with Crippen LogP contribution >= 0.6 is 0 Å². The lowest BCUT2D eigenvalue weighted by Gasteiger charge is -2.39. The highest BCUT2D eigenvalue weighted by Gasteiger charge is 2.44. The van der Waals surface area contributed by atoms with Crippen LogP contribution in [0.2, 0.25) is 0 Å². The Morgan fingerprint density at radius 1 is 1.26 bits per heavy atom. The fourth-order valence-electron chi connectivity index (χ4n) is 3.26. The van der Waals surface area contributed by atoms with Crippen LogP contribution in [-0.4, -0.2) is 19.5 Å². The molecule has 1 aromatic rings. The highest BCUT2D eigenvalue weighted by molar-refractivity contribution is 5.32. The maximum atomic E-state index is 12.2. The smallest absolute Gasteiger partial charge is 0.406 e. The molecule has 1 saturated carbocycles. The third kappa shape index (κ3) is 2.71. The Balaban J connectivity index is 1.73. The maximum absolute atomic E-state index is 12.2. The summed E-state index contributed by atoms with van der Waals surface area (Å²) in [6, 6.07) is 6.43. The van der Waals surface area contributed by atoms with Crippen LogP contribution in [0.3, 0.4) is 0 Å². The van der Waals surface area contributed by atoms with Gasteiger partial charge >= 0.3 is 6.36 Å². The van der Waals surface area contributed by atoms with Crippen LogP contribution in [-0.2, 0) is 0 Å². The van der Waals surface area contributed by atoms with Gasteiger partial charge in [0.15, 0.2) is 0 Å². The summed E-state index contributed by atoms with van der Waals surface area (Å²) in [5.41, 5.74) is 1.36. The number of benzene rings is 1. The molecule has 0 radical (unpaired) electrons. The minimum absolute atomic E-state index is 0.113. The van der Waals surface area contributed by atoms with Gasteiger partial charge in [0.1, 0.15) is 5.75 Å². The van der Waals surface area contributed by atoms with E-state index >= 15 is 0 Å². The summed E-state index contributed by atoms with van der Waals surface area (Å²) in [5.74, 6) is 0.247. The third-order valence-electron chi connectivity index (χ3n) is 4.27. The highest BCUT2D eigenvalue weighted by Crippen LogP contribution is 2.49. The van der Waals surface area contributed by atoms with Crippen molar-refractivity contribution in [1.82, 2.24) is 5.32 Å². The quantitative estimate of drug-likeness (QED) is 0.889. The molecule has 104 valence electrons. The van der Waals surface area contributed by atoms with E-state index in [4.69, 9.17) is 0 Å². The number of rotatable bonds is 2. The van der Waals surface area contributed by atoms with Gasteiger partial charge in [-0.15, -0.1) is 13.2 Å². The van der Waals surface area contributed by atoms with E-state index in [0.717, 1.165) is 37.9 Å². The van der Waals surface area contributed by atoms with E-state index in [2.05, 4.69) is 10.1 Å². The highest BCUT2D eigenvalue weighted by atomic mass is 19.4. The van der Waals surface area contributed by atoms with Crippen LogP contribution in [0.1, 0.15) is 30.7 Å². The van der Waals surface area contributed by atoms with Gasteiger partial charge in [0.2, 0.25) is 0 Å². The van der Waals surface area contributed by atoms with Crippen LogP contribution in [0.25, 0.3) is 0 Å². The van der Waals surface area contributed by atoms with Gasteiger partial charge in [-0.2, -0.15) is 0 Å². The predicted molar refractivity (Wildman–Crippen MR) is 65.0 cm³/mol.